The predicted molar refractivity (Wildman–Crippen MR) is 183 cm³/mol. The highest BCUT2D eigenvalue weighted by Crippen LogP contribution is 2.28. The van der Waals surface area contributed by atoms with Crippen molar-refractivity contribution in [2.45, 2.75) is 37.6 Å². The number of aromatic nitrogens is 2. The number of carbonyl (C=O) groups excluding carboxylic acids is 3. The van der Waals surface area contributed by atoms with Gasteiger partial charge in [-0.3, -0.25) is 24.2 Å². The molecule has 270 valence electrons. The predicted octanol–water partition coefficient (Wildman–Crippen LogP) is 6.28. The number of rotatable bonds is 17. The topological polar surface area (TPSA) is 160 Å². The largest absolute Gasteiger partial charge is 0.481 e. The number of nitrogens with zero attached hydrogens (tertiary/aromatic N) is 2. The molecule has 0 fully saturated rings. The summed E-state index contributed by atoms with van der Waals surface area (Å²) in [6.45, 7) is -0.897. The monoisotopic (exact) mass is 737 g/mol. The zero-order chi connectivity index (χ0) is 37.2. The Kier molecular flexibility index (Phi) is 12.5. The molecule has 5 aromatic rings. The minimum Gasteiger partial charge on any atom is -0.481 e. The highest BCUT2D eigenvalue weighted by molar-refractivity contribution is 7.10. The van der Waals surface area contributed by atoms with Crippen LogP contribution in [0, 0.1) is 23.3 Å². The normalized spacial score (nSPS) is 12.2. The van der Waals surface area contributed by atoms with E-state index in [4.69, 9.17) is 0 Å². The van der Waals surface area contributed by atoms with E-state index in [-0.39, 0.29) is 24.9 Å². The number of hydrogen-bond donors (Lipinski definition) is 4. The fourth-order valence-corrected chi connectivity index (χ4v) is 6.01. The smallest absolute Gasteiger partial charge is 0.305 e. The number of ketones is 1. The number of amides is 2. The molecule has 52 heavy (non-hydrogen) atoms. The summed E-state index contributed by atoms with van der Waals surface area (Å²) < 4.78 is 59.8. The number of carbonyl (C=O) groups is 4. The summed E-state index contributed by atoms with van der Waals surface area (Å²) in [5.74, 6) is -12.6. The molecule has 0 saturated carbocycles. The van der Waals surface area contributed by atoms with Crippen LogP contribution in [0.15, 0.2) is 78.3 Å². The minimum atomic E-state index is -1.88. The maximum atomic E-state index is 14.0. The van der Waals surface area contributed by atoms with Gasteiger partial charge in [0, 0.05) is 28.7 Å². The first-order valence-electron chi connectivity index (χ1n) is 15.9. The molecule has 0 spiro atoms. The number of thiophene rings is 1. The number of hydrogen-bond acceptors (Lipinski definition) is 9. The molecule has 3 aromatic carbocycles. The van der Waals surface area contributed by atoms with Crippen LogP contribution in [0.4, 0.5) is 29.1 Å². The molecule has 4 N–H and O–H groups in total. The van der Waals surface area contributed by atoms with Gasteiger partial charge >= 0.3 is 5.97 Å². The molecular formula is C36H31F4N5O6S. The lowest BCUT2D eigenvalue weighted by molar-refractivity contribution is -0.140. The van der Waals surface area contributed by atoms with Crippen LogP contribution in [0.3, 0.4) is 0 Å². The highest BCUT2D eigenvalue weighted by Gasteiger charge is 2.30. The molecule has 0 aliphatic heterocycles. The Morgan fingerprint density at radius 3 is 2.27 bits per heavy atom. The Hall–Kier alpha value is -5.90. The van der Waals surface area contributed by atoms with Crippen LogP contribution < -0.4 is 20.7 Å². The van der Waals surface area contributed by atoms with Crippen molar-refractivity contribution in [3.8, 4) is 5.75 Å². The van der Waals surface area contributed by atoms with E-state index in [1.165, 1.54) is 11.3 Å². The lowest BCUT2D eigenvalue weighted by Crippen LogP contribution is -2.46. The van der Waals surface area contributed by atoms with E-state index in [9.17, 15) is 41.8 Å². The minimum absolute atomic E-state index is 0.0350. The van der Waals surface area contributed by atoms with Crippen LogP contribution in [0.5, 0.6) is 5.75 Å². The second-order valence-corrected chi connectivity index (χ2v) is 12.5. The van der Waals surface area contributed by atoms with Crippen molar-refractivity contribution in [3.63, 3.8) is 0 Å². The fourth-order valence-electron chi connectivity index (χ4n) is 5.15. The Morgan fingerprint density at radius 1 is 0.885 bits per heavy atom. The molecule has 16 heteroatoms. The Morgan fingerprint density at radius 2 is 1.60 bits per heavy atom. The van der Waals surface area contributed by atoms with E-state index in [2.05, 4.69) is 30.7 Å². The van der Waals surface area contributed by atoms with Gasteiger partial charge in [0.25, 0.3) is 5.91 Å². The molecule has 0 radical (unpaired) electrons. The van der Waals surface area contributed by atoms with Crippen molar-refractivity contribution in [1.29, 1.82) is 0 Å². The summed E-state index contributed by atoms with van der Waals surface area (Å²) in [7, 11) is 0. The van der Waals surface area contributed by atoms with Gasteiger partial charge < -0.3 is 25.8 Å². The lowest BCUT2D eigenvalue weighted by Gasteiger charge is -2.21. The number of halogens is 4. The summed E-state index contributed by atoms with van der Waals surface area (Å²) in [6.07, 6.45) is 1.93. The standard InChI is InChI=1S/C36H31F4N5O6S/c37-23-16-24(38)33(40)34(32(23)39)51-19-28(46)27(17-31(47)48)45-36(50)22(29-9-5-15-52-29)6-3-4-14-41-35(49)20-10-12-21(13-11-20)43-30-18-42-25-7-1-2-8-26(25)44-30/h1-2,5,7-13,15-16,18,22,27H,3-4,6,14,17,19H2,(H,41,49)(H,43,44)(H,45,50)(H,47,48). The van der Waals surface area contributed by atoms with Crippen LogP contribution in [-0.2, 0) is 14.4 Å². The van der Waals surface area contributed by atoms with Gasteiger partial charge in [-0.2, -0.15) is 8.78 Å². The number of ether oxygens (including phenoxy) is 1. The zero-order valence-corrected chi connectivity index (χ0v) is 28.0. The molecule has 5 rings (SSSR count). The van der Waals surface area contributed by atoms with Gasteiger partial charge in [0.15, 0.2) is 23.2 Å². The van der Waals surface area contributed by atoms with E-state index in [0.717, 1.165) is 11.0 Å². The summed E-state index contributed by atoms with van der Waals surface area (Å²) in [4.78, 5) is 60.0. The maximum Gasteiger partial charge on any atom is 0.305 e. The highest BCUT2D eigenvalue weighted by atomic mass is 32.1. The number of para-hydroxylation sites is 2. The van der Waals surface area contributed by atoms with Crippen molar-refractivity contribution >= 4 is 57.4 Å². The van der Waals surface area contributed by atoms with Crippen molar-refractivity contribution < 1.29 is 46.6 Å². The Balaban J connectivity index is 1.12. The molecule has 0 bridgehead atoms. The van der Waals surface area contributed by atoms with Crippen LogP contribution in [-0.4, -0.2) is 57.8 Å². The first-order valence-corrected chi connectivity index (χ1v) is 16.8. The number of fused-ring (bicyclic) bond motifs is 1. The molecule has 2 unspecified atom stereocenters. The van der Waals surface area contributed by atoms with Crippen molar-refractivity contribution in [3.05, 3.63) is 112 Å². The molecule has 2 heterocycles. The number of aliphatic carboxylic acids is 1. The van der Waals surface area contributed by atoms with Gasteiger partial charge in [-0.15, -0.1) is 11.3 Å². The number of nitrogens with one attached hydrogen (secondary N) is 3. The number of Topliss-reactive ketones (excluding diaryl/α,β-unsaturated/α-hetero) is 1. The van der Waals surface area contributed by atoms with Crippen LogP contribution in [0.1, 0.15) is 46.8 Å². The van der Waals surface area contributed by atoms with E-state index in [0.29, 0.717) is 34.8 Å². The first kappa shape index (κ1) is 37.4. The zero-order valence-electron chi connectivity index (χ0n) is 27.2. The third-order valence-electron chi connectivity index (χ3n) is 7.79. The lowest BCUT2D eigenvalue weighted by atomic mass is 9.97. The maximum absolute atomic E-state index is 14.0. The second kappa shape index (κ2) is 17.4. The second-order valence-electron chi connectivity index (χ2n) is 11.5. The summed E-state index contributed by atoms with van der Waals surface area (Å²) in [5, 5.41) is 19.4. The van der Waals surface area contributed by atoms with Gasteiger partial charge in [-0.1, -0.05) is 24.6 Å². The third-order valence-corrected chi connectivity index (χ3v) is 8.78. The number of benzene rings is 3. The Labute approximate surface area is 298 Å². The van der Waals surface area contributed by atoms with Crippen molar-refractivity contribution in [1.82, 2.24) is 20.6 Å². The first-order chi connectivity index (χ1) is 25.0. The average Bonchev–Trinajstić information content (AvgIpc) is 3.66. The van der Waals surface area contributed by atoms with E-state index in [1.54, 1.807) is 48.0 Å². The van der Waals surface area contributed by atoms with Crippen LogP contribution in [0.25, 0.3) is 11.0 Å². The SMILES string of the molecule is O=C(O)CC(NC(=O)C(CCCCNC(=O)c1ccc(Nc2cnc3ccccc3n2)cc1)c1cccs1)C(=O)COc1c(F)c(F)cc(F)c1F. The van der Waals surface area contributed by atoms with Crippen LogP contribution in [0.2, 0.25) is 0 Å². The van der Waals surface area contributed by atoms with E-state index >= 15 is 0 Å². The van der Waals surface area contributed by atoms with E-state index in [1.807, 2.05) is 24.3 Å². The average molecular weight is 738 g/mol. The van der Waals surface area contributed by atoms with Gasteiger partial charge in [0.2, 0.25) is 17.5 Å². The van der Waals surface area contributed by atoms with Gasteiger partial charge in [-0.05, 0) is 60.7 Å². The molecular weight excluding hydrogens is 706 g/mol. The van der Waals surface area contributed by atoms with Gasteiger partial charge in [-0.25, -0.2) is 13.8 Å². The summed E-state index contributed by atoms with van der Waals surface area (Å²) in [5.41, 5.74) is 2.65. The molecule has 0 aliphatic rings. The fraction of sp³-hybridized carbons (Fsp3) is 0.222. The number of anilines is 2. The molecule has 2 amide bonds. The van der Waals surface area contributed by atoms with Crippen molar-refractivity contribution in [2.75, 3.05) is 18.5 Å². The van der Waals surface area contributed by atoms with Crippen LogP contribution >= 0.6 is 11.3 Å². The molecule has 2 aromatic heterocycles. The quantitative estimate of drug-likeness (QED) is 0.0489. The van der Waals surface area contributed by atoms with Crippen molar-refractivity contribution in [2.24, 2.45) is 0 Å². The van der Waals surface area contributed by atoms with Gasteiger partial charge in [0.1, 0.15) is 18.5 Å². The third kappa shape index (κ3) is 9.66. The number of unbranched alkanes of at least 4 members (excludes halogenated alkanes) is 1. The Bertz CT molecular complexity index is 2040. The molecule has 0 saturated heterocycles. The molecule has 2 atom stereocenters. The van der Waals surface area contributed by atoms with E-state index < -0.39 is 71.7 Å². The van der Waals surface area contributed by atoms with Gasteiger partial charge in [0.05, 0.1) is 29.6 Å². The molecule has 0 aliphatic carbocycles. The number of carboxylic acid groups (broad SMARTS) is 1. The summed E-state index contributed by atoms with van der Waals surface area (Å²) in [6, 6.07) is 16.0. The number of carboxylic acids is 1. The molecule has 11 nitrogen and oxygen atoms in total. The summed E-state index contributed by atoms with van der Waals surface area (Å²) >= 11 is 1.27.